The number of hydrogen-bond acceptors (Lipinski definition) is 2. The number of phenolic OH excluding ortho intramolecular Hbond substituents is 1. The van der Waals surface area contributed by atoms with Crippen LogP contribution >= 0.6 is 0 Å². The van der Waals surface area contributed by atoms with Crippen LogP contribution in [0.15, 0.2) is 114 Å². The Morgan fingerprint density at radius 1 is 0.579 bits per heavy atom. The maximum Gasteiger partial charge on any atom is 0.139 e. The summed E-state index contributed by atoms with van der Waals surface area (Å²) in [5.74, 6) is 0.185. The average molecular weight is 568 g/mol. The molecular formula is C33H23N2O2Y-. The molecule has 2 N–H and O–H groups in total. The van der Waals surface area contributed by atoms with Crippen molar-refractivity contribution in [2.75, 3.05) is 7.05 Å². The van der Waals surface area contributed by atoms with Gasteiger partial charge in [-0.1, -0.05) is 90.6 Å². The Hall–Kier alpha value is -3.86. The first-order chi connectivity index (χ1) is 18.2. The Balaban J connectivity index is 0.000000141. The van der Waals surface area contributed by atoms with Crippen molar-refractivity contribution in [1.82, 2.24) is 4.98 Å². The minimum absolute atomic E-state index is 0. The molecule has 0 spiro atoms. The smallest absolute Gasteiger partial charge is 0.139 e. The molecule has 8 rings (SSSR count). The van der Waals surface area contributed by atoms with Gasteiger partial charge in [-0.15, -0.1) is 7.05 Å². The van der Waals surface area contributed by atoms with Gasteiger partial charge in [-0.3, -0.25) is 0 Å². The molecule has 0 atom stereocenters. The number of aromatic amines is 1. The Labute approximate surface area is 244 Å². The van der Waals surface area contributed by atoms with E-state index >= 15 is 0 Å². The number of phenols is 1. The van der Waals surface area contributed by atoms with Crippen LogP contribution in [0.4, 0.5) is 5.69 Å². The van der Waals surface area contributed by atoms with Crippen LogP contribution in [0.5, 0.6) is 5.75 Å². The predicted molar refractivity (Wildman–Crippen MR) is 155 cm³/mol. The largest absolute Gasteiger partial charge is 0.684 e. The minimum Gasteiger partial charge on any atom is -0.684 e. The van der Waals surface area contributed by atoms with Gasteiger partial charge in [0.2, 0.25) is 0 Å². The number of benzene rings is 6. The van der Waals surface area contributed by atoms with Gasteiger partial charge in [-0.25, -0.2) is 0 Å². The van der Waals surface area contributed by atoms with Gasteiger partial charge in [-0.2, -0.15) is 0 Å². The van der Waals surface area contributed by atoms with Crippen LogP contribution < -0.4 is 0 Å². The first-order valence-electron chi connectivity index (χ1n) is 12.3. The maximum atomic E-state index is 10.1. The van der Waals surface area contributed by atoms with Gasteiger partial charge in [0.1, 0.15) is 16.9 Å². The quantitative estimate of drug-likeness (QED) is 0.207. The molecule has 8 aromatic rings. The normalized spacial score (nSPS) is 11.2. The molecule has 181 valence electrons. The van der Waals surface area contributed by atoms with Crippen LogP contribution in [0.1, 0.15) is 0 Å². The van der Waals surface area contributed by atoms with E-state index in [0.717, 1.165) is 16.4 Å². The molecule has 0 fully saturated rings. The molecule has 2 heterocycles. The first kappa shape index (κ1) is 24.5. The SMILES string of the molecule is C[N-]c1ccc2oc3ccccc3c2c1O.[Y].c1ccc2c(c1)ccc1[nH]c3ccc4ccccc4c3c12. The fourth-order valence-electron chi connectivity index (χ4n) is 5.40. The van der Waals surface area contributed by atoms with Gasteiger partial charge in [0.15, 0.2) is 0 Å². The van der Waals surface area contributed by atoms with E-state index < -0.39 is 0 Å². The van der Waals surface area contributed by atoms with Gasteiger partial charge < -0.3 is 19.8 Å². The van der Waals surface area contributed by atoms with Crippen molar-refractivity contribution in [1.29, 1.82) is 0 Å². The van der Waals surface area contributed by atoms with E-state index in [1.807, 2.05) is 30.3 Å². The number of aromatic nitrogens is 1. The number of H-pyrrole nitrogens is 1. The fraction of sp³-hybridized carbons (Fsp3) is 0.0303. The Morgan fingerprint density at radius 2 is 1.13 bits per heavy atom. The van der Waals surface area contributed by atoms with E-state index in [1.54, 1.807) is 13.1 Å². The summed E-state index contributed by atoms with van der Waals surface area (Å²) in [5, 5.41) is 23.6. The monoisotopic (exact) mass is 568 g/mol. The van der Waals surface area contributed by atoms with Crippen LogP contribution in [0, 0.1) is 0 Å². The number of hydrogen-bond donors (Lipinski definition) is 2. The summed E-state index contributed by atoms with van der Waals surface area (Å²) in [5.41, 5.74) is 4.46. The van der Waals surface area contributed by atoms with Gasteiger partial charge in [-0.05, 0) is 45.8 Å². The minimum atomic E-state index is 0. The van der Waals surface area contributed by atoms with E-state index in [0.29, 0.717) is 11.3 Å². The molecule has 0 unspecified atom stereocenters. The Kier molecular flexibility index (Phi) is 6.31. The van der Waals surface area contributed by atoms with Crippen LogP contribution in [-0.4, -0.2) is 17.1 Å². The third-order valence-corrected chi connectivity index (χ3v) is 7.11. The van der Waals surface area contributed by atoms with Crippen molar-refractivity contribution in [2.24, 2.45) is 0 Å². The molecule has 0 aliphatic heterocycles. The van der Waals surface area contributed by atoms with Crippen molar-refractivity contribution >= 4 is 71.0 Å². The third-order valence-electron chi connectivity index (χ3n) is 7.11. The Bertz CT molecular complexity index is 2020. The number of rotatable bonds is 1. The zero-order valence-electron chi connectivity index (χ0n) is 20.8. The van der Waals surface area contributed by atoms with E-state index in [2.05, 4.69) is 83.1 Å². The van der Waals surface area contributed by atoms with E-state index in [1.165, 1.54) is 43.4 Å². The van der Waals surface area contributed by atoms with Crippen molar-refractivity contribution < 1.29 is 42.2 Å². The van der Waals surface area contributed by atoms with Gasteiger partial charge in [0, 0.05) is 59.9 Å². The molecule has 2 aromatic heterocycles. The molecule has 6 aromatic carbocycles. The topological polar surface area (TPSA) is 63.3 Å². The van der Waals surface area contributed by atoms with Crippen molar-refractivity contribution in [2.45, 2.75) is 0 Å². The predicted octanol–water partition coefficient (Wildman–Crippen LogP) is 9.55. The maximum absolute atomic E-state index is 10.1. The zero-order chi connectivity index (χ0) is 24.9. The standard InChI is InChI=1S/C20H13N.C13H10NO2.Y/c1-3-7-15-13(5-1)9-11-17-19(15)20-16-8-4-2-6-14(16)10-12-18(20)21-17;1-14-9-6-7-11-12(13(9)15)8-4-2-3-5-10(8)16-11;/h1-12,21H;2-7,15H,1H3;/q;-1;. The van der Waals surface area contributed by atoms with Gasteiger partial charge >= 0.3 is 0 Å². The van der Waals surface area contributed by atoms with Gasteiger partial charge in [0.25, 0.3) is 0 Å². The molecule has 5 heteroatoms. The van der Waals surface area contributed by atoms with Gasteiger partial charge in [0.05, 0.1) is 5.39 Å². The molecule has 0 saturated heterocycles. The summed E-state index contributed by atoms with van der Waals surface area (Å²) in [4.78, 5) is 3.56. The third kappa shape index (κ3) is 3.84. The van der Waals surface area contributed by atoms with Crippen LogP contribution in [-0.2, 0) is 32.7 Å². The summed E-state index contributed by atoms with van der Waals surface area (Å²) < 4.78 is 5.63. The number of para-hydroxylation sites is 1. The average Bonchev–Trinajstić information content (AvgIpc) is 3.53. The van der Waals surface area contributed by atoms with Crippen molar-refractivity contribution in [3.05, 3.63) is 115 Å². The van der Waals surface area contributed by atoms with Crippen molar-refractivity contribution in [3.63, 3.8) is 0 Å². The summed E-state index contributed by atoms with van der Waals surface area (Å²) in [6.45, 7) is 0. The summed E-state index contributed by atoms with van der Waals surface area (Å²) in [7, 11) is 1.66. The molecule has 4 nitrogen and oxygen atoms in total. The number of fused-ring (bicyclic) bond motifs is 10. The van der Waals surface area contributed by atoms with Crippen LogP contribution in [0.2, 0.25) is 0 Å². The second-order valence-electron chi connectivity index (χ2n) is 9.17. The zero-order valence-corrected chi connectivity index (χ0v) is 23.6. The molecule has 38 heavy (non-hydrogen) atoms. The summed E-state index contributed by atoms with van der Waals surface area (Å²) in [6.07, 6.45) is 0. The molecule has 1 radical (unpaired) electrons. The summed E-state index contributed by atoms with van der Waals surface area (Å²) >= 11 is 0. The second-order valence-corrected chi connectivity index (χ2v) is 9.17. The second kappa shape index (κ2) is 9.79. The number of furan rings is 1. The van der Waals surface area contributed by atoms with Crippen LogP contribution in [0.25, 0.3) is 70.6 Å². The molecule has 0 aliphatic rings. The fourth-order valence-corrected chi connectivity index (χ4v) is 5.40. The Morgan fingerprint density at radius 3 is 1.74 bits per heavy atom. The number of nitrogens with one attached hydrogen (secondary N) is 1. The summed E-state index contributed by atoms with van der Waals surface area (Å²) in [6, 6.07) is 37.2. The van der Waals surface area contributed by atoms with Crippen molar-refractivity contribution in [3.8, 4) is 5.75 Å². The number of aromatic hydroxyl groups is 1. The van der Waals surface area contributed by atoms with E-state index in [-0.39, 0.29) is 38.5 Å². The molecule has 0 saturated carbocycles. The molecule has 0 bridgehead atoms. The molecule has 0 aliphatic carbocycles. The van der Waals surface area contributed by atoms with E-state index in [4.69, 9.17) is 4.42 Å². The van der Waals surface area contributed by atoms with E-state index in [9.17, 15) is 5.11 Å². The molecule has 0 amide bonds. The first-order valence-corrected chi connectivity index (χ1v) is 12.3. The molecular weight excluding hydrogens is 545 g/mol. The number of nitrogens with zero attached hydrogens (tertiary/aromatic N) is 1. The van der Waals surface area contributed by atoms with Crippen LogP contribution in [0.3, 0.4) is 0 Å².